The van der Waals surface area contributed by atoms with E-state index in [2.05, 4.69) is 93.1 Å². The standard InChI is InChI=1S/C25H25ClN4O2.C23H24ClN5O.C23H18ClN5O.C22H21ClN4O2/c1-18(31)30-14-12-29(13-15-30)17-19-5-7-20(8-6-19)25(32)28-21-9-10-23(26)22(16-21)24-4-2-3-11-27-24;1-28-10-12-29(13-11-28)16-19-6-5-17(15-26-19)23(30)27-18-7-8-21(24)20(14-18)22-4-2-3-9-25-22;24-20-10-9-18(14-19(20)21-4-1-2-11-25-21)29-22(30)17-7-5-16(6-8-17)15-28-23-26-12-3-13-27-23;23-20-7-6-17(13-19(20)21-3-1-2-8-24-21)26-22(28)16-4-5-18(25-14-16)15-27-9-11-29-12-10-27/h2-11,16H,12-15,17H2,1H3,(H,28,32);2-9,14-15H,10-13,16H2,1H3,(H,27,30);1-14H,15H2,(H,29,30)(H,26,27,28);1-8,13-14H,9-12,15H2,(H,26,28). The van der Waals surface area contributed by atoms with Crippen LogP contribution in [0.15, 0.2) is 274 Å². The van der Waals surface area contributed by atoms with Crippen molar-refractivity contribution < 1.29 is 28.7 Å². The zero-order valence-electron chi connectivity index (χ0n) is 66.6. The van der Waals surface area contributed by atoms with Crippen LogP contribution in [0.5, 0.6) is 0 Å². The van der Waals surface area contributed by atoms with Crippen LogP contribution >= 0.6 is 46.4 Å². The van der Waals surface area contributed by atoms with Crippen molar-refractivity contribution in [2.24, 2.45) is 0 Å². The predicted octanol–water partition coefficient (Wildman–Crippen LogP) is 17.1. The number of likely N-dealkylation sites (N-methyl/N-ethyl adjacent to an activating group) is 1. The number of nitrogens with one attached hydrogen (secondary N) is 5. The molecule has 0 atom stereocenters. The van der Waals surface area contributed by atoms with Gasteiger partial charge in [0.2, 0.25) is 11.9 Å². The molecule has 28 heteroatoms. The molecule has 5 amide bonds. The van der Waals surface area contributed by atoms with Gasteiger partial charge in [0, 0.05) is 204 Å². The van der Waals surface area contributed by atoms with E-state index < -0.39 is 0 Å². The average Bonchev–Trinajstić information content (AvgIpc) is 0.846. The fraction of sp³-hybridized carbons (Fsp3) is 0.194. The topological polar surface area (TPSA) is 274 Å². The van der Waals surface area contributed by atoms with Gasteiger partial charge in [-0.05, 0) is 194 Å². The number of nitrogens with zero attached hydrogens (tertiary/aromatic N) is 13. The van der Waals surface area contributed by atoms with Crippen molar-refractivity contribution in [3.05, 3.63) is 339 Å². The van der Waals surface area contributed by atoms with E-state index in [9.17, 15) is 24.0 Å². The number of piperazine rings is 2. The molecule has 0 aliphatic carbocycles. The molecule has 3 fully saturated rings. The first-order chi connectivity index (χ1) is 58.9. The summed E-state index contributed by atoms with van der Waals surface area (Å²) in [4.78, 5) is 108. The van der Waals surface area contributed by atoms with Crippen LogP contribution in [-0.4, -0.2) is 180 Å². The molecule has 16 rings (SSSR count). The molecule has 13 aromatic rings. The Balaban J connectivity index is 0.000000139. The highest BCUT2D eigenvalue weighted by Gasteiger charge is 2.22. The Labute approximate surface area is 722 Å². The Morgan fingerprint density at radius 3 is 1.04 bits per heavy atom. The van der Waals surface area contributed by atoms with Crippen LogP contribution in [0.25, 0.3) is 45.0 Å². The number of aromatic nitrogens is 8. The maximum atomic E-state index is 12.7. The summed E-state index contributed by atoms with van der Waals surface area (Å²) >= 11 is 25.3. The maximum Gasteiger partial charge on any atom is 0.257 e. The van der Waals surface area contributed by atoms with Crippen LogP contribution in [0.1, 0.15) is 70.9 Å². The number of ether oxygens (including phenoxy) is 1. The molecule has 6 aromatic carbocycles. The molecule has 0 saturated carbocycles. The molecule has 0 unspecified atom stereocenters. The molecule has 7 aromatic heterocycles. The minimum absolute atomic E-state index is 0.132. The summed E-state index contributed by atoms with van der Waals surface area (Å²) in [6.07, 6.45) is 13.4. The summed E-state index contributed by atoms with van der Waals surface area (Å²) in [6.45, 7) is 15.3. The fourth-order valence-electron chi connectivity index (χ4n) is 13.2. The van der Waals surface area contributed by atoms with Gasteiger partial charge in [-0.15, -0.1) is 0 Å². The van der Waals surface area contributed by atoms with Crippen molar-refractivity contribution in [2.45, 2.75) is 33.1 Å². The summed E-state index contributed by atoms with van der Waals surface area (Å²) in [6, 6.07) is 68.1. The molecule has 3 aliphatic rings. The second kappa shape index (κ2) is 43.4. The van der Waals surface area contributed by atoms with E-state index >= 15 is 0 Å². The summed E-state index contributed by atoms with van der Waals surface area (Å²) in [5, 5.41) is 17.1. The number of hydrogen-bond acceptors (Lipinski definition) is 19. The van der Waals surface area contributed by atoms with Crippen molar-refractivity contribution in [3.8, 4) is 45.0 Å². The second-order valence-electron chi connectivity index (χ2n) is 28.6. The minimum atomic E-state index is -0.218. The number of pyridine rings is 6. The normalized spacial score (nSPS) is 13.6. The Hall–Kier alpha value is -12.6. The molecule has 614 valence electrons. The summed E-state index contributed by atoms with van der Waals surface area (Å²) in [7, 11) is 2.14. The van der Waals surface area contributed by atoms with Gasteiger partial charge >= 0.3 is 0 Å². The van der Waals surface area contributed by atoms with Gasteiger partial charge in [-0.3, -0.25) is 68.6 Å². The quantitative estimate of drug-likeness (QED) is 0.0447. The lowest BCUT2D eigenvalue weighted by molar-refractivity contribution is -0.130. The number of morpholine rings is 1. The molecule has 24 nitrogen and oxygen atoms in total. The first-order valence-corrected chi connectivity index (χ1v) is 40.8. The third-order valence-electron chi connectivity index (χ3n) is 20.0. The van der Waals surface area contributed by atoms with E-state index in [-0.39, 0.29) is 29.5 Å². The highest BCUT2D eigenvalue weighted by atomic mass is 35.5. The first-order valence-electron chi connectivity index (χ1n) is 39.3. The van der Waals surface area contributed by atoms with Crippen molar-refractivity contribution >= 4 is 105 Å². The maximum absolute atomic E-state index is 12.7. The number of rotatable bonds is 21. The third-order valence-corrected chi connectivity index (χ3v) is 21.3. The molecule has 3 saturated heterocycles. The monoisotopic (exact) mass is 1690 g/mol. The number of benzene rings is 6. The van der Waals surface area contributed by atoms with Crippen LogP contribution in [0.2, 0.25) is 20.1 Å². The van der Waals surface area contributed by atoms with Crippen LogP contribution < -0.4 is 26.6 Å². The van der Waals surface area contributed by atoms with Gasteiger partial charge in [-0.1, -0.05) is 94.9 Å². The number of carbonyl (C=O) groups excluding carboxylic acids is 5. The molecule has 0 radical (unpaired) electrons. The summed E-state index contributed by atoms with van der Waals surface area (Å²) in [5.74, 6) is -0.109. The van der Waals surface area contributed by atoms with Crippen molar-refractivity contribution in [1.82, 2.24) is 64.4 Å². The Morgan fingerprint density at radius 1 is 0.347 bits per heavy atom. The largest absolute Gasteiger partial charge is 0.379 e. The van der Waals surface area contributed by atoms with E-state index in [0.29, 0.717) is 77.6 Å². The highest BCUT2D eigenvalue weighted by Crippen LogP contribution is 2.34. The van der Waals surface area contributed by atoms with E-state index in [1.807, 2.05) is 157 Å². The number of amides is 5. The van der Waals surface area contributed by atoms with E-state index in [1.165, 1.54) is 0 Å². The lowest BCUT2D eigenvalue weighted by atomic mass is 10.1. The van der Waals surface area contributed by atoms with E-state index in [0.717, 1.165) is 166 Å². The van der Waals surface area contributed by atoms with Gasteiger partial charge in [0.1, 0.15) is 0 Å². The fourth-order valence-corrected chi connectivity index (χ4v) is 14.1. The first kappa shape index (κ1) is 86.3. The Morgan fingerprint density at radius 2 is 0.686 bits per heavy atom. The van der Waals surface area contributed by atoms with Crippen LogP contribution in [0.3, 0.4) is 0 Å². The predicted molar refractivity (Wildman–Crippen MR) is 478 cm³/mol. The summed E-state index contributed by atoms with van der Waals surface area (Å²) in [5.41, 5.74) is 14.9. The van der Waals surface area contributed by atoms with Gasteiger partial charge in [0.25, 0.3) is 23.6 Å². The lowest BCUT2D eigenvalue weighted by Crippen LogP contribution is -2.47. The van der Waals surface area contributed by atoms with Crippen LogP contribution in [0, 0.1) is 0 Å². The van der Waals surface area contributed by atoms with Gasteiger partial charge in [-0.2, -0.15) is 0 Å². The molecule has 0 spiro atoms. The van der Waals surface area contributed by atoms with Gasteiger partial charge in [0.05, 0.1) is 78.6 Å². The smallest absolute Gasteiger partial charge is 0.257 e. The number of anilines is 5. The van der Waals surface area contributed by atoms with Crippen molar-refractivity contribution in [1.29, 1.82) is 0 Å². The Bertz CT molecular complexity index is 5590. The molecule has 10 heterocycles. The molecule has 3 aliphatic heterocycles. The summed E-state index contributed by atoms with van der Waals surface area (Å²) < 4.78 is 5.36. The lowest BCUT2D eigenvalue weighted by Gasteiger charge is -2.34. The van der Waals surface area contributed by atoms with Crippen molar-refractivity contribution in [3.63, 3.8) is 0 Å². The van der Waals surface area contributed by atoms with Gasteiger partial charge in [-0.25, -0.2) is 9.97 Å². The molecular formula is C93H88Cl4N18O6. The minimum Gasteiger partial charge on any atom is -0.379 e. The van der Waals surface area contributed by atoms with Crippen LogP contribution in [0.4, 0.5) is 28.7 Å². The van der Waals surface area contributed by atoms with Gasteiger partial charge < -0.3 is 41.1 Å². The average molecular weight is 1700 g/mol. The number of halogens is 4. The van der Waals surface area contributed by atoms with Gasteiger partial charge in [0.15, 0.2) is 0 Å². The van der Waals surface area contributed by atoms with E-state index in [1.54, 1.807) is 129 Å². The van der Waals surface area contributed by atoms with Crippen molar-refractivity contribution in [2.75, 3.05) is 112 Å². The molecule has 0 bridgehead atoms. The highest BCUT2D eigenvalue weighted by molar-refractivity contribution is 6.35. The number of carbonyl (C=O) groups is 5. The SMILES string of the molecule is CC(=O)N1CCN(Cc2ccc(C(=O)Nc3ccc(Cl)c(-c4ccccn4)c3)cc2)CC1.CN1CCN(Cc2ccc(C(=O)Nc3ccc(Cl)c(-c4ccccn4)c3)cn2)CC1.O=C(Nc1ccc(Cl)c(-c2ccccn2)c1)c1ccc(CN2CCOCC2)nc1.O=C(Nc1ccc(Cl)c(-c2ccccn2)c1)c1ccc(CNc2ncccn2)cc1. The molecular weight excluding hydrogens is 1610 g/mol. The Kier molecular flexibility index (Phi) is 30.9. The third kappa shape index (κ3) is 25.5. The van der Waals surface area contributed by atoms with E-state index in [4.69, 9.17) is 51.1 Å². The van der Waals surface area contributed by atoms with Crippen LogP contribution in [-0.2, 0) is 35.7 Å². The number of hydrogen-bond donors (Lipinski definition) is 5. The molecule has 5 N–H and O–H groups in total. The zero-order valence-corrected chi connectivity index (χ0v) is 69.6. The second-order valence-corrected chi connectivity index (χ2v) is 30.2. The molecule has 121 heavy (non-hydrogen) atoms. The zero-order chi connectivity index (χ0) is 84.2.